The molecule has 4 saturated carbocycles. The monoisotopic (exact) mass is 777 g/mol. The highest BCUT2D eigenvalue weighted by atomic mass is 28.3. The van der Waals surface area contributed by atoms with Gasteiger partial charge in [0.05, 0.1) is 18.3 Å². The number of nitrogens with two attached hydrogens (primary N) is 3. The highest BCUT2D eigenvalue weighted by Gasteiger charge is 2.66. The molecule has 8 heteroatoms. The van der Waals surface area contributed by atoms with E-state index in [9.17, 15) is 0 Å². The first-order chi connectivity index (χ1) is 26.0. The fourth-order valence-corrected chi connectivity index (χ4v) is 13.7. The first kappa shape index (κ1) is 46.6. The van der Waals surface area contributed by atoms with E-state index in [4.69, 9.17) is 31.4 Å². The molecule has 11 atom stereocenters. The molecule has 4 aliphatic rings. The molecule has 4 aliphatic carbocycles. The van der Waals surface area contributed by atoms with Crippen LogP contribution in [-0.2, 0) is 14.2 Å². The van der Waals surface area contributed by atoms with Crippen LogP contribution in [0.3, 0.4) is 0 Å². The van der Waals surface area contributed by atoms with Crippen LogP contribution in [0.15, 0.2) is 0 Å². The zero-order valence-corrected chi connectivity index (χ0v) is 37.7. The molecule has 318 valence electrons. The third-order valence-electron chi connectivity index (χ3n) is 15.5. The summed E-state index contributed by atoms with van der Waals surface area (Å²) < 4.78 is 20.4. The van der Waals surface area contributed by atoms with Crippen molar-refractivity contribution >= 4 is 8.07 Å². The van der Waals surface area contributed by atoms with Crippen molar-refractivity contribution in [2.45, 2.75) is 193 Å². The van der Waals surface area contributed by atoms with E-state index in [1.54, 1.807) is 0 Å². The minimum atomic E-state index is -0.844. The maximum absolute atomic E-state index is 7.06. The molecular weight excluding hydrogens is 685 g/mol. The summed E-state index contributed by atoms with van der Waals surface area (Å²) in [5, 5.41) is 3.82. The third kappa shape index (κ3) is 13.0. The van der Waals surface area contributed by atoms with Gasteiger partial charge in [-0.15, -0.1) is 0 Å². The SMILES string of the molecule is C[C@H](CCCNCCCCCCCCCC[Si](C)(C)C)[C@H]1CC[C@H]2C3C(OCCCN)CC4C[C@H](OCCCN)CC[C@]4(C)[C@H]3C[C@H](OCCCN)[C@]12C. The molecular formula is C46H92N4O3Si. The molecule has 0 spiro atoms. The summed E-state index contributed by atoms with van der Waals surface area (Å²) in [6.45, 7) is 22.2. The van der Waals surface area contributed by atoms with Crippen LogP contribution in [0, 0.1) is 46.3 Å². The van der Waals surface area contributed by atoms with Crippen molar-refractivity contribution in [2.75, 3.05) is 52.5 Å². The lowest BCUT2D eigenvalue weighted by Gasteiger charge is -2.65. The zero-order valence-electron chi connectivity index (χ0n) is 36.7. The van der Waals surface area contributed by atoms with E-state index in [-0.39, 0.29) is 5.41 Å². The summed E-state index contributed by atoms with van der Waals surface area (Å²) in [6, 6.07) is 1.50. The maximum Gasteiger partial charge on any atom is 0.0637 e. The van der Waals surface area contributed by atoms with Crippen molar-refractivity contribution in [2.24, 2.45) is 63.5 Å². The molecule has 4 rings (SSSR count). The van der Waals surface area contributed by atoms with E-state index < -0.39 is 8.07 Å². The van der Waals surface area contributed by atoms with E-state index >= 15 is 0 Å². The van der Waals surface area contributed by atoms with Gasteiger partial charge in [0.15, 0.2) is 0 Å². The average molecular weight is 777 g/mol. The molecule has 0 amide bonds. The summed E-state index contributed by atoms with van der Waals surface area (Å²) in [4.78, 5) is 0. The molecule has 7 N–H and O–H groups in total. The van der Waals surface area contributed by atoms with E-state index in [0.717, 1.165) is 52.0 Å². The van der Waals surface area contributed by atoms with Crippen LogP contribution in [0.5, 0.6) is 0 Å². The normalized spacial score (nSPS) is 34.4. The molecule has 3 unspecified atom stereocenters. The first-order valence-electron chi connectivity index (χ1n) is 23.6. The smallest absolute Gasteiger partial charge is 0.0637 e. The van der Waals surface area contributed by atoms with Crippen LogP contribution < -0.4 is 22.5 Å². The van der Waals surface area contributed by atoms with Crippen LogP contribution in [0.1, 0.15) is 149 Å². The van der Waals surface area contributed by atoms with Gasteiger partial charge in [0, 0.05) is 33.3 Å². The van der Waals surface area contributed by atoms with Crippen LogP contribution in [0.4, 0.5) is 0 Å². The van der Waals surface area contributed by atoms with Gasteiger partial charge in [-0.05, 0) is 157 Å². The van der Waals surface area contributed by atoms with E-state index in [1.165, 1.54) is 115 Å². The molecule has 0 bridgehead atoms. The summed E-state index contributed by atoms with van der Waals surface area (Å²) in [5.74, 6) is 3.91. The summed E-state index contributed by atoms with van der Waals surface area (Å²) in [5.41, 5.74) is 18.3. The molecule has 0 saturated heterocycles. The zero-order chi connectivity index (χ0) is 39.0. The Labute approximate surface area is 335 Å². The molecule has 0 aliphatic heterocycles. The lowest BCUT2D eigenvalue weighted by molar-refractivity contribution is -0.227. The van der Waals surface area contributed by atoms with Crippen LogP contribution in [0.2, 0.25) is 25.7 Å². The Bertz CT molecular complexity index is 1010. The highest BCUT2D eigenvalue weighted by Crippen LogP contribution is 2.69. The molecule has 54 heavy (non-hydrogen) atoms. The topological polar surface area (TPSA) is 118 Å². The van der Waals surface area contributed by atoms with Gasteiger partial charge < -0.3 is 36.7 Å². The molecule has 7 nitrogen and oxygen atoms in total. The van der Waals surface area contributed by atoms with Crippen molar-refractivity contribution in [3.63, 3.8) is 0 Å². The Morgan fingerprint density at radius 1 is 0.667 bits per heavy atom. The number of fused-ring (bicyclic) bond motifs is 5. The van der Waals surface area contributed by atoms with Crippen LogP contribution >= 0.6 is 0 Å². The Kier molecular flexibility index (Phi) is 20.3. The molecule has 0 aromatic rings. The Hall–Kier alpha value is -0.0631. The highest BCUT2D eigenvalue weighted by molar-refractivity contribution is 6.76. The number of rotatable bonds is 28. The molecule has 0 radical (unpaired) electrons. The predicted molar refractivity (Wildman–Crippen MR) is 233 cm³/mol. The Balaban J connectivity index is 1.32. The quantitative estimate of drug-likeness (QED) is 0.0462. The van der Waals surface area contributed by atoms with Crippen molar-refractivity contribution in [3.05, 3.63) is 0 Å². The van der Waals surface area contributed by atoms with Crippen molar-refractivity contribution in [1.82, 2.24) is 5.32 Å². The average Bonchev–Trinajstić information content (AvgIpc) is 3.50. The maximum atomic E-state index is 7.06. The van der Waals surface area contributed by atoms with E-state index in [1.807, 2.05) is 0 Å². The summed E-state index contributed by atoms with van der Waals surface area (Å²) in [6.07, 6.45) is 26.3. The number of hydrogen-bond acceptors (Lipinski definition) is 7. The number of unbranched alkanes of at least 4 members (excludes halogenated alkanes) is 7. The second kappa shape index (κ2) is 23.5. The first-order valence-corrected chi connectivity index (χ1v) is 27.4. The Morgan fingerprint density at radius 2 is 1.28 bits per heavy atom. The largest absolute Gasteiger partial charge is 0.378 e. The second-order valence-electron chi connectivity index (χ2n) is 20.5. The minimum Gasteiger partial charge on any atom is -0.378 e. The third-order valence-corrected chi connectivity index (χ3v) is 17.4. The molecule has 0 aromatic carbocycles. The van der Waals surface area contributed by atoms with Crippen molar-refractivity contribution < 1.29 is 14.2 Å². The van der Waals surface area contributed by atoms with Gasteiger partial charge in [-0.2, -0.15) is 0 Å². The number of nitrogens with one attached hydrogen (secondary N) is 1. The van der Waals surface area contributed by atoms with E-state index in [0.29, 0.717) is 78.9 Å². The van der Waals surface area contributed by atoms with Gasteiger partial charge in [-0.25, -0.2) is 0 Å². The fourth-order valence-electron chi connectivity index (χ4n) is 12.4. The minimum absolute atomic E-state index is 0.179. The summed E-state index contributed by atoms with van der Waals surface area (Å²) >= 11 is 0. The fraction of sp³-hybridized carbons (Fsp3) is 1.00. The molecule has 4 fully saturated rings. The van der Waals surface area contributed by atoms with Gasteiger partial charge in [0.2, 0.25) is 0 Å². The Morgan fingerprint density at radius 3 is 1.94 bits per heavy atom. The predicted octanol–water partition coefficient (Wildman–Crippen LogP) is 9.53. The van der Waals surface area contributed by atoms with Crippen molar-refractivity contribution in [3.8, 4) is 0 Å². The molecule has 0 heterocycles. The van der Waals surface area contributed by atoms with Gasteiger partial charge >= 0.3 is 0 Å². The van der Waals surface area contributed by atoms with Crippen molar-refractivity contribution in [1.29, 1.82) is 0 Å². The van der Waals surface area contributed by atoms with Gasteiger partial charge in [-0.1, -0.05) is 91.4 Å². The van der Waals surface area contributed by atoms with Crippen LogP contribution in [-0.4, -0.2) is 78.9 Å². The van der Waals surface area contributed by atoms with Gasteiger partial charge in [0.25, 0.3) is 0 Å². The van der Waals surface area contributed by atoms with Crippen LogP contribution in [0.25, 0.3) is 0 Å². The van der Waals surface area contributed by atoms with E-state index in [2.05, 4.69) is 45.7 Å². The lowest BCUT2D eigenvalue weighted by Crippen LogP contribution is -2.63. The molecule has 0 aromatic heterocycles. The van der Waals surface area contributed by atoms with Gasteiger partial charge in [0.1, 0.15) is 0 Å². The number of hydrogen-bond donors (Lipinski definition) is 4. The van der Waals surface area contributed by atoms with Gasteiger partial charge in [-0.3, -0.25) is 0 Å². The second-order valence-corrected chi connectivity index (χ2v) is 26.1. The standard InChI is InChI=1S/C46H92N4O3Si/c1-36(19-15-28-50-27-13-11-9-7-8-10-12-14-32-54(4,5)6)39-20-21-40-44-41(35-43(46(39,40)3)53-31-18-26-49)45(2)23-22-38(51-29-16-24-47)33-37(45)34-42(44)52-30-17-25-48/h36-44,50H,7-35,47-49H2,1-6H3/t36-,37?,38-,39-,40+,41+,42?,43+,44?,45+,46-/m1/s1. The number of ether oxygens (including phenoxy) is 3. The summed E-state index contributed by atoms with van der Waals surface area (Å²) in [7, 11) is -0.844. The lowest BCUT2D eigenvalue weighted by atomic mass is 9.43.